The minimum Gasteiger partial charge on any atom is -0.372 e. The number of nitrogens with two attached hydrogens (primary N) is 1. The van der Waals surface area contributed by atoms with Gasteiger partial charge in [-0.05, 0) is 38.3 Å². The van der Waals surface area contributed by atoms with Gasteiger partial charge in [0.2, 0.25) is 0 Å². The van der Waals surface area contributed by atoms with E-state index in [-0.39, 0.29) is 5.41 Å². The van der Waals surface area contributed by atoms with Gasteiger partial charge in [0.05, 0.1) is 0 Å². The molecule has 100 valence electrons. The van der Waals surface area contributed by atoms with Crippen molar-refractivity contribution in [1.29, 1.82) is 0 Å². The Balaban J connectivity index is 2.43. The van der Waals surface area contributed by atoms with Crippen molar-refractivity contribution in [2.45, 2.75) is 44.9 Å². The molecule has 0 aliphatic heterocycles. The van der Waals surface area contributed by atoms with Crippen LogP contribution >= 0.6 is 0 Å². The zero-order valence-electron chi connectivity index (χ0n) is 11.8. The van der Waals surface area contributed by atoms with Crippen LogP contribution in [-0.2, 0) is 5.41 Å². The van der Waals surface area contributed by atoms with Gasteiger partial charge in [-0.2, -0.15) is 0 Å². The largest absolute Gasteiger partial charge is 0.372 e. The number of anilines is 1. The van der Waals surface area contributed by atoms with E-state index in [0.29, 0.717) is 0 Å². The van der Waals surface area contributed by atoms with Crippen LogP contribution in [0.2, 0.25) is 0 Å². The molecule has 0 amide bonds. The van der Waals surface area contributed by atoms with E-state index in [1.165, 1.54) is 36.9 Å². The second kappa shape index (κ2) is 5.75. The van der Waals surface area contributed by atoms with Crippen LogP contribution in [0.25, 0.3) is 0 Å². The fourth-order valence-electron chi connectivity index (χ4n) is 3.40. The number of nitrogens with zero attached hydrogens (tertiary/aromatic N) is 1. The highest BCUT2D eigenvalue weighted by molar-refractivity contribution is 5.57. The summed E-state index contributed by atoms with van der Waals surface area (Å²) in [6, 6.07) is 8.87. The van der Waals surface area contributed by atoms with Crippen molar-refractivity contribution in [3.8, 4) is 0 Å². The third kappa shape index (κ3) is 2.26. The van der Waals surface area contributed by atoms with E-state index < -0.39 is 0 Å². The van der Waals surface area contributed by atoms with Crippen molar-refractivity contribution < 1.29 is 0 Å². The van der Waals surface area contributed by atoms with Gasteiger partial charge in [0.1, 0.15) is 0 Å². The van der Waals surface area contributed by atoms with E-state index in [4.69, 9.17) is 5.73 Å². The summed E-state index contributed by atoms with van der Waals surface area (Å²) >= 11 is 0. The summed E-state index contributed by atoms with van der Waals surface area (Å²) in [5.74, 6) is 0. The predicted molar refractivity (Wildman–Crippen MR) is 79.2 cm³/mol. The van der Waals surface area contributed by atoms with Crippen molar-refractivity contribution in [2.75, 3.05) is 24.5 Å². The zero-order chi connectivity index (χ0) is 13.0. The van der Waals surface area contributed by atoms with E-state index in [0.717, 1.165) is 19.6 Å². The van der Waals surface area contributed by atoms with Crippen LogP contribution in [0.5, 0.6) is 0 Å². The molecule has 0 atom stereocenters. The molecule has 0 heterocycles. The molecule has 1 aliphatic carbocycles. The Morgan fingerprint density at radius 2 is 1.72 bits per heavy atom. The number of rotatable bonds is 5. The molecule has 1 aromatic carbocycles. The SMILES string of the molecule is CCN(CC)c1ccccc1C1(CN)CCCC1. The minimum absolute atomic E-state index is 0.235. The van der Waals surface area contributed by atoms with E-state index in [9.17, 15) is 0 Å². The van der Waals surface area contributed by atoms with E-state index in [2.05, 4.69) is 43.0 Å². The van der Waals surface area contributed by atoms with Gasteiger partial charge < -0.3 is 10.6 Å². The van der Waals surface area contributed by atoms with Crippen molar-refractivity contribution in [1.82, 2.24) is 0 Å². The fraction of sp³-hybridized carbons (Fsp3) is 0.625. The average Bonchev–Trinajstić information content (AvgIpc) is 2.91. The molecule has 2 N–H and O–H groups in total. The molecular formula is C16H26N2. The molecule has 1 aromatic rings. The molecule has 0 bridgehead atoms. The summed E-state index contributed by atoms with van der Waals surface area (Å²) in [7, 11) is 0. The lowest BCUT2D eigenvalue weighted by Crippen LogP contribution is -2.35. The molecule has 2 nitrogen and oxygen atoms in total. The second-order valence-electron chi connectivity index (χ2n) is 5.38. The first kappa shape index (κ1) is 13.4. The summed E-state index contributed by atoms with van der Waals surface area (Å²) in [5, 5.41) is 0. The molecule has 0 aromatic heterocycles. The molecule has 0 saturated heterocycles. The number of hydrogen-bond donors (Lipinski definition) is 1. The van der Waals surface area contributed by atoms with Crippen molar-refractivity contribution in [2.24, 2.45) is 5.73 Å². The molecule has 1 aliphatic rings. The Kier molecular flexibility index (Phi) is 4.28. The van der Waals surface area contributed by atoms with Crippen LogP contribution < -0.4 is 10.6 Å². The minimum atomic E-state index is 0.235. The number of hydrogen-bond acceptors (Lipinski definition) is 2. The Morgan fingerprint density at radius 1 is 1.11 bits per heavy atom. The van der Waals surface area contributed by atoms with Gasteiger partial charge in [0, 0.05) is 30.7 Å². The standard InChI is InChI=1S/C16H26N2/c1-3-18(4-2)15-10-6-5-9-14(15)16(13-17)11-7-8-12-16/h5-6,9-10H,3-4,7-8,11-13,17H2,1-2H3. The quantitative estimate of drug-likeness (QED) is 0.863. The van der Waals surface area contributed by atoms with E-state index in [1.807, 2.05) is 0 Å². The Hall–Kier alpha value is -1.02. The fourth-order valence-corrected chi connectivity index (χ4v) is 3.40. The number of para-hydroxylation sites is 1. The molecule has 2 heteroatoms. The Bertz CT molecular complexity index is 376. The van der Waals surface area contributed by atoms with Crippen molar-refractivity contribution in [3.63, 3.8) is 0 Å². The van der Waals surface area contributed by atoms with Gasteiger partial charge in [-0.1, -0.05) is 31.0 Å². The van der Waals surface area contributed by atoms with Gasteiger partial charge in [0.25, 0.3) is 0 Å². The first-order valence-corrected chi connectivity index (χ1v) is 7.32. The normalized spacial score (nSPS) is 17.9. The summed E-state index contributed by atoms with van der Waals surface area (Å²) in [4.78, 5) is 2.45. The second-order valence-corrected chi connectivity index (χ2v) is 5.38. The monoisotopic (exact) mass is 246 g/mol. The molecule has 0 radical (unpaired) electrons. The Labute approximate surface area is 111 Å². The lowest BCUT2D eigenvalue weighted by atomic mass is 9.78. The lowest BCUT2D eigenvalue weighted by Gasteiger charge is -2.34. The molecule has 1 saturated carbocycles. The van der Waals surface area contributed by atoms with Gasteiger partial charge in [-0.3, -0.25) is 0 Å². The molecule has 0 spiro atoms. The van der Waals surface area contributed by atoms with E-state index in [1.54, 1.807) is 0 Å². The highest BCUT2D eigenvalue weighted by Crippen LogP contribution is 2.43. The molecule has 0 unspecified atom stereocenters. The van der Waals surface area contributed by atoms with Gasteiger partial charge in [-0.15, -0.1) is 0 Å². The van der Waals surface area contributed by atoms with Crippen LogP contribution in [-0.4, -0.2) is 19.6 Å². The zero-order valence-corrected chi connectivity index (χ0v) is 11.8. The van der Waals surface area contributed by atoms with Crippen LogP contribution in [0.3, 0.4) is 0 Å². The summed E-state index contributed by atoms with van der Waals surface area (Å²) in [5.41, 5.74) is 9.25. The third-order valence-electron chi connectivity index (χ3n) is 4.53. The summed E-state index contributed by atoms with van der Waals surface area (Å²) in [6.45, 7) is 7.36. The van der Waals surface area contributed by atoms with Crippen LogP contribution in [0.4, 0.5) is 5.69 Å². The first-order chi connectivity index (χ1) is 8.77. The van der Waals surface area contributed by atoms with Gasteiger partial charge in [0.15, 0.2) is 0 Å². The predicted octanol–water partition coefficient (Wildman–Crippen LogP) is 3.30. The van der Waals surface area contributed by atoms with Crippen molar-refractivity contribution >= 4 is 5.69 Å². The third-order valence-corrected chi connectivity index (χ3v) is 4.53. The summed E-state index contributed by atoms with van der Waals surface area (Å²) in [6.07, 6.45) is 5.15. The molecule has 18 heavy (non-hydrogen) atoms. The van der Waals surface area contributed by atoms with Gasteiger partial charge >= 0.3 is 0 Å². The highest BCUT2D eigenvalue weighted by Gasteiger charge is 2.36. The van der Waals surface area contributed by atoms with Crippen molar-refractivity contribution in [3.05, 3.63) is 29.8 Å². The maximum Gasteiger partial charge on any atom is 0.0404 e. The van der Waals surface area contributed by atoms with Crippen LogP contribution in [0.1, 0.15) is 45.1 Å². The summed E-state index contributed by atoms with van der Waals surface area (Å²) < 4.78 is 0. The topological polar surface area (TPSA) is 29.3 Å². The van der Waals surface area contributed by atoms with Gasteiger partial charge in [-0.25, -0.2) is 0 Å². The Morgan fingerprint density at radius 3 is 2.28 bits per heavy atom. The molecule has 1 fully saturated rings. The van der Waals surface area contributed by atoms with E-state index >= 15 is 0 Å². The van der Waals surface area contributed by atoms with Crippen LogP contribution in [0, 0.1) is 0 Å². The van der Waals surface area contributed by atoms with Crippen LogP contribution in [0.15, 0.2) is 24.3 Å². The first-order valence-electron chi connectivity index (χ1n) is 7.32. The smallest absolute Gasteiger partial charge is 0.0404 e. The average molecular weight is 246 g/mol. The lowest BCUT2D eigenvalue weighted by molar-refractivity contribution is 0.452. The maximum atomic E-state index is 6.13. The molecule has 2 rings (SSSR count). The number of benzene rings is 1. The maximum absolute atomic E-state index is 6.13. The highest BCUT2D eigenvalue weighted by atomic mass is 15.1. The molecular weight excluding hydrogens is 220 g/mol.